The maximum absolute atomic E-state index is 12.6. The van der Waals surface area contributed by atoms with Crippen LogP contribution in [0.4, 0.5) is 0 Å². The number of nitrogens with zero attached hydrogens (tertiary/aromatic N) is 3. The van der Waals surface area contributed by atoms with E-state index in [-0.39, 0.29) is 23.6 Å². The molecule has 0 fully saturated rings. The molecule has 0 aliphatic heterocycles. The van der Waals surface area contributed by atoms with Gasteiger partial charge in [-0.1, -0.05) is 32.0 Å². The molecule has 0 saturated carbocycles. The molecule has 0 spiro atoms. The van der Waals surface area contributed by atoms with Crippen LogP contribution in [-0.4, -0.2) is 33.4 Å². The van der Waals surface area contributed by atoms with E-state index in [1.807, 2.05) is 32.9 Å². The van der Waals surface area contributed by atoms with Crippen molar-refractivity contribution in [3.63, 3.8) is 0 Å². The number of carbonyl (C=O) groups excluding carboxylic acids is 1. The van der Waals surface area contributed by atoms with Crippen molar-refractivity contribution >= 4 is 11.7 Å². The second-order valence-electron chi connectivity index (χ2n) is 5.50. The average Bonchev–Trinajstić information content (AvgIpc) is 2.50. The molecule has 0 saturated heterocycles. The Kier molecular flexibility index (Phi) is 6.65. The quantitative estimate of drug-likeness (QED) is 0.347. The van der Waals surface area contributed by atoms with Crippen molar-refractivity contribution in [1.82, 2.24) is 9.88 Å². The second-order valence-corrected chi connectivity index (χ2v) is 5.50. The molecule has 1 aromatic heterocycles. The molecule has 1 aromatic rings. The Labute approximate surface area is 125 Å². The summed E-state index contributed by atoms with van der Waals surface area (Å²) in [5.74, 6) is 0.377. The van der Waals surface area contributed by atoms with E-state index in [0.717, 1.165) is 5.56 Å². The zero-order valence-electron chi connectivity index (χ0n) is 12.9. The van der Waals surface area contributed by atoms with Crippen LogP contribution in [0.1, 0.15) is 32.8 Å². The number of hydrogen-bond donors (Lipinski definition) is 2. The smallest absolute Gasteiger partial charge is 0.225 e. The Morgan fingerprint density at radius 3 is 2.71 bits per heavy atom. The van der Waals surface area contributed by atoms with Crippen molar-refractivity contribution in [2.75, 3.05) is 6.54 Å². The van der Waals surface area contributed by atoms with Crippen molar-refractivity contribution in [1.29, 1.82) is 0 Å². The third-order valence-electron chi connectivity index (χ3n) is 3.56. The zero-order valence-corrected chi connectivity index (χ0v) is 12.9. The zero-order chi connectivity index (χ0) is 15.8. The number of pyridine rings is 1. The van der Waals surface area contributed by atoms with Gasteiger partial charge in [0, 0.05) is 37.8 Å². The molecule has 6 nitrogen and oxygen atoms in total. The number of rotatable bonds is 7. The monoisotopic (exact) mass is 292 g/mol. The van der Waals surface area contributed by atoms with Crippen LogP contribution in [0.15, 0.2) is 29.7 Å². The molecule has 1 rings (SSSR count). The highest BCUT2D eigenvalue weighted by atomic mass is 16.4. The fourth-order valence-electron chi connectivity index (χ4n) is 1.85. The van der Waals surface area contributed by atoms with Crippen LogP contribution in [0.3, 0.4) is 0 Å². The topological polar surface area (TPSA) is 91.8 Å². The number of nitrogens with two attached hydrogens (primary N) is 1. The van der Waals surface area contributed by atoms with Gasteiger partial charge in [0.1, 0.15) is 5.84 Å². The van der Waals surface area contributed by atoms with Crippen LogP contribution in [0.2, 0.25) is 0 Å². The lowest BCUT2D eigenvalue weighted by atomic mass is 9.96. The van der Waals surface area contributed by atoms with Crippen LogP contribution in [0.5, 0.6) is 0 Å². The first-order valence-electron chi connectivity index (χ1n) is 7.09. The number of carbonyl (C=O) groups is 1. The molecule has 1 atom stereocenters. The van der Waals surface area contributed by atoms with E-state index in [4.69, 9.17) is 10.9 Å². The predicted molar refractivity (Wildman–Crippen MR) is 81.7 cm³/mol. The van der Waals surface area contributed by atoms with Crippen molar-refractivity contribution < 1.29 is 10.0 Å². The summed E-state index contributed by atoms with van der Waals surface area (Å²) >= 11 is 0. The van der Waals surface area contributed by atoms with Crippen molar-refractivity contribution in [2.45, 2.75) is 33.7 Å². The number of hydrogen-bond acceptors (Lipinski definition) is 4. The van der Waals surface area contributed by atoms with Gasteiger partial charge in [-0.15, -0.1) is 0 Å². The van der Waals surface area contributed by atoms with Crippen molar-refractivity contribution in [3.8, 4) is 0 Å². The fourth-order valence-corrected chi connectivity index (χ4v) is 1.85. The minimum Gasteiger partial charge on any atom is -0.409 e. The molecule has 1 amide bonds. The Bertz CT molecular complexity index is 474. The average molecular weight is 292 g/mol. The molecule has 6 heteroatoms. The van der Waals surface area contributed by atoms with E-state index in [0.29, 0.717) is 19.5 Å². The van der Waals surface area contributed by atoms with Gasteiger partial charge in [-0.3, -0.25) is 9.78 Å². The highest BCUT2D eigenvalue weighted by Crippen LogP contribution is 2.15. The normalized spacial score (nSPS) is 13.2. The third kappa shape index (κ3) is 5.41. The molecule has 0 bridgehead atoms. The van der Waals surface area contributed by atoms with Crippen molar-refractivity contribution in [3.05, 3.63) is 30.1 Å². The summed E-state index contributed by atoms with van der Waals surface area (Å²) in [6, 6.07) is 3.77. The summed E-state index contributed by atoms with van der Waals surface area (Å²) in [7, 11) is 0. The Morgan fingerprint density at radius 1 is 1.48 bits per heavy atom. The Morgan fingerprint density at radius 2 is 2.19 bits per heavy atom. The molecule has 1 heterocycles. The van der Waals surface area contributed by atoms with Gasteiger partial charge in [-0.25, -0.2) is 0 Å². The maximum Gasteiger partial charge on any atom is 0.225 e. The molecule has 0 radical (unpaired) electrons. The SMILES string of the molecule is CC(C)C(C)C(=O)N(CCC(N)=NO)Cc1cccnc1. The van der Waals surface area contributed by atoms with Gasteiger partial charge in [0.05, 0.1) is 0 Å². The highest BCUT2D eigenvalue weighted by Gasteiger charge is 2.23. The van der Waals surface area contributed by atoms with Crippen LogP contribution in [-0.2, 0) is 11.3 Å². The maximum atomic E-state index is 12.6. The third-order valence-corrected chi connectivity index (χ3v) is 3.56. The van der Waals surface area contributed by atoms with Gasteiger partial charge in [-0.05, 0) is 17.5 Å². The Balaban J connectivity index is 2.81. The first-order chi connectivity index (χ1) is 9.95. The van der Waals surface area contributed by atoms with E-state index in [1.54, 1.807) is 17.3 Å². The molecule has 21 heavy (non-hydrogen) atoms. The number of aromatic nitrogens is 1. The van der Waals surface area contributed by atoms with E-state index in [1.165, 1.54) is 0 Å². The van der Waals surface area contributed by atoms with Crippen LogP contribution in [0.25, 0.3) is 0 Å². The summed E-state index contributed by atoms with van der Waals surface area (Å²) in [6.07, 6.45) is 3.78. The lowest BCUT2D eigenvalue weighted by Gasteiger charge is -2.27. The molecule has 0 aromatic carbocycles. The second kappa shape index (κ2) is 8.24. The Hall–Kier alpha value is -2.11. The van der Waals surface area contributed by atoms with Crippen LogP contribution >= 0.6 is 0 Å². The fraction of sp³-hybridized carbons (Fsp3) is 0.533. The lowest BCUT2D eigenvalue weighted by molar-refractivity contribution is -0.136. The molecule has 0 aliphatic rings. The van der Waals surface area contributed by atoms with E-state index < -0.39 is 0 Å². The molecule has 1 unspecified atom stereocenters. The first-order valence-corrected chi connectivity index (χ1v) is 7.09. The van der Waals surface area contributed by atoms with Crippen LogP contribution < -0.4 is 5.73 Å². The molecule has 116 valence electrons. The van der Waals surface area contributed by atoms with Gasteiger partial charge in [0.2, 0.25) is 5.91 Å². The lowest BCUT2D eigenvalue weighted by Crippen LogP contribution is -2.38. The van der Waals surface area contributed by atoms with Gasteiger partial charge in [0.15, 0.2) is 0 Å². The minimum absolute atomic E-state index is 0.0691. The standard InChI is InChI=1S/C15H24N4O2/c1-11(2)12(3)15(20)19(8-6-14(16)18-21)10-13-5-4-7-17-9-13/h4-5,7,9,11-12,21H,6,8,10H2,1-3H3,(H2,16,18). The van der Waals surface area contributed by atoms with Crippen LogP contribution in [0, 0.1) is 11.8 Å². The minimum atomic E-state index is -0.0750. The van der Waals surface area contributed by atoms with Gasteiger partial charge >= 0.3 is 0 Å². The van der Waals surface area contributed by atoms with Gasteiger partial charge in [-0.2, -0.15) is 0 Å². The van der Waals surface area contributed by atoms with E-state index in [2.05, 4.69) is 10.1 Å². The summed E-state index contributed by atoms with van der Waals surface area (Å²) in [5.41, 5.74) is 6.46. The molecular weight excluding hydrogens is 268 g/mol. The van der Waals surface area contributed by atoms with Gasteiger partial charge < -0.3 is 15.8 Å². The number of oxime groups is 1. The largest absolute Gasteiger partial charge is 0.409 e. The summed E-state index contributed by atoms with van der Waals surface area (Å²) in [6.45, 7) is 6.86. The summed E-state index contributed by atoms with van der Waals surface area (Å²) in [5, 5.41) is 11.6. The highest BCUT2D eigenvalue weighted by molar-refractivity contribution is 5.82. The predicted octanol–water partition coefficient (Wildman–Crippen LogP) is 1.84. The molecular formula is C15H24N4O2. The van der Waals surface area contributed by atoms with Gasteiger partial charge in [0.25, 0.3) is 0 Å². The van der Waals surface area contributed by atoms with E-state index in [9.17, 15) is 4.79 Å². The van der Waals surface area contributed by atoms with Crippen molar-refractivity contribution in [2.24, 2.45) is 22.7 Å². The first kappa shape index (κ1) is 16.9. The summed E-state index contributed by atoms with van der Waals surface area (Å²) < 4.78 is 0. The summed E-state index contributed by atoms with van der Waals surface area (Å²) in [4.78, 5) is 18.4. The molecule has 3 N–H and O–H groups in total. The van der Waals surface area contributed by atoms with E-state index >= 15 is 0 Å². The number of amides is 1. The molecule has 0 aliphatic carbocycles. The number of amidine groups is 1.